The average Bonchev–Trinajstić information content (AvgIpc) is 3.54. The fourth-order valence-electron chi connectivity index (χ4n) is 6.12. The lowest BCUT2D eigenvalue weighted by Gasteiger charge is -2.27. The third kappa shape index (κ3) is 6.59. The smallest absolute Gasteiger partial charge is 0.261 e. The highest BCUT2D eigenvalue weighted by atomic mass is 16.5. The van der Waals surface area contributed by atoms with Gasteiger partial charge in [-0.15, -0.1) is 0 Å². The molecule has 1 aliphatic heterocycles. The molecule has 2 amide bonds. The Morgan fingerprint density at radius 3 is 2.48 bits per heavy atom. The topological polar surface area (TPSA) is 114 Å². The minimum Gasteiger partial charge on any atom is -0.493 e. The summed E-state index contributed by atoms with van der Waals surface area (Å²) in [5.74, 6) is 0.765. The number of hydrogen-bond donors (Lipinski definition) is 0. The van der Waals surface area contributed by atoms with Crippen LogP contribution in [0.3, 0.4) is 0 Å². The fraction of sp³-hybridized carbons (Fsp3) is 0.324. The van der Waals surface area contributed by atoms with E-state index < -0.39 is 5.41 Å². The first kappa shape index (κ1) is 32.6. The van der Waals surface area contributed by atoms with Gasteiger partial charge in [-0.3, -0.25) is 29.3 Å². The predicted molar refractivity (Wildman–Crippen MR) is 185 cm³/mol. The normalized spacial score (nSPS) is 14.4. The number of carbonyl (C=O) groups is 2. The van der Waals surface area contributed by atoms with Crippen LogP contribution in [0.15, 0.2) is 94.8 Å². The van der Waals surface area contributed by atoms with E-state index >= 15 is 0 Å². The number of fused-ring (bicyclic) bond motifs is 2. The van der Waals surface area contributed by atoms with Crippen molar-refractivity contribution in [3.05, 3.63) is 101 Å². The summed E-state index contributed by atoms with van der Waals surface area (Å²) in [6, 6.07) is 16.9. The van der Waals surface area contributed by atoms with E-state index in [0.29, 0.717) is 66.6 Å². The van der Waals surface area contributed by atoms with Crippen molar-refractivity contribution in [1.82, 2.24) is 19.4 Å². The van der Waals surface area contributed by atoms with Crippen molar-refractivity contribution >= 4 is 34.2 Å². The molecule has 0 N–H and O–H groups in total. The lowest BCUT2D eigenvalue weighted by atomic mass is 9.90. The molecule has 48 heavy (non-hydrogen) atoms. The number of aromatic nitrogens is 3. The minimum absolute atomic E-state index is 0.100. The van der Waals surface area contributed by atoms with Crippen molar-refractivity contribution in [2.24, 2.45) is 5.41 Å². The van der Waals surface area contributed by atoms with Crippen molar-refractivity contribution in [2.45, 2.75) is 40.3 Å². The van der Waals surface area contributed by atoms with E-state index in [2.05, 4.69) is 14.9 Å². The van der Waals surface area contributed by atoms with Gasteiger partial charge < -0.3 is 23.5 Å². The standard InChI is InChI=1S/C37H40N6O5/c1-5-43-30-10-9-28(22-31(30)40(4)35(45)37(2,3)36(43)46)47-21-7-17-41(25-26-11-15-38-16-12-26)19-20-42-18-13-32-29(34(42)44)23-33(48-32)27-8-6-14-39-24-27/h6,8-16,18,22-24H,5,7,17,19-21,25H2,1-4H3. The molecule has 0 atom stereocenters. The van der Waals surface area contributed by atoms with Gasteiger partial charge in [0.1, 0.15) is 22.5 Å². The van der Waals surface area contributed by atoms with E-state index in [9.17, 15) is 14.4 Å². The van der Waals surface area contributed by atoms with Crippen LogP contribution in [0.2, 0.25) is 0 Å². The number of amides is 2. The number of hydrogen-bond acceptors (Lipinski definition) is 8. The number of benzene rings is 1. The van der Waals surface area contributed by atoms with Crippen LogP contribution < -0.4 is 20.1 Å². The summed E-state index contributed by atoms with van der Waals surface area (Å²) in [4.78, 5) is 53.6. The largest absolute Gasteiger partial charge is 0.493 e. The van der Waals surface area contributed by atoms with Gasteiger partial charge in [0, 0.05) is 82.4 Å². The summed E-state index contributed by atoms with van der Waals surface area (Å²) < 4.78 is 13.8. The van der Waals surface area contributed by atoms with Crippen LogP contribution in [0.4, 0.5) is 11.4 Å². The Bertz CT molecular complexity index is 1970. The zero-order chi connectivity index (χ0) is 33.8. The summed E-state index contributed by atoms with van der Waals surface area (Å²) in [5, 5.41) is 0.536. The molecule has 5 aromatic rings. The molecule has 0 aliphatic carbocycles. The maximum Gasteiger partial charge on any atom is 0.261 e. The Morgan fingerprint density at radius 2 is 1.73 bits per heavy atom. The number of carbonyl (C=O) groups excluding carboxylic acids is 2. The molecule has 0 saturated heterocycles. The van der Waals surface area contributed by atoms with Gasteiger partial charge in [-0.1, -0.05) is 0 Å². The first-order valence-corrected chi connectivity index (χ1v) is 16.2. The summed E-state index contributed by atoms with van der Waals surface area (Å²) >= 11 is 0. The van der Waals surface area contributed by atoms with Crippen molar-refractivity contribution < 1.29 is 18.7 Å². The van der Waals surface area contributed by atoms with Crippen LogP contribution in [0.5, 0.6) is 5.75 Å². The molecule has 11 heteroatoms. The van der Waals surface area contributed by atoms with Gasteiger partial charge in [0.25, 0.3) is 5.56 Å². The van der Waals surface area contributed by atoms with Crippen molar-refractivity contribution in [3.8, 4) is 17.1 Å². The molecule has 11 nitrogen and oxygen atoms in total. The number of rotatable bonds is 12. The van der Waals surface area contributed by atoms with E-state index in [4.69, 9.17) is 9.15 Å². The second-order valence-electron chi connectivity index (χ2n) is 12.5. The number of furan rings is 1. The van der Waals surface area contributed by atoms with Gasteiger partial charge >= 0.3 is 0 Å². The van der Waals surface area contributed by atoms with Gasteiger partial charge in [-0.05, 0) is 81.3 Å². The second kappa shape index (κ2) is 13.8. The zero-order valence-electron chi connectivity index (χ0n) is 27.8. The highest BCUT2D eigenvalue weighted by Gasteiger charge is 2.45. The maximum atomic E-state index is 13.4. The first-order valence-electron chi connectivity index (χ1n) is 16.2. The van der Waals surface area contributed by atoms with E-state index in [1.807, 2.05) is 55.5 Å². The molecule has 248 valence electrons. The predicted octanol–water partition coefficient (Wildman–Crippen LogP) is 5.38. The van der Waals surface area contributed by atoms with E-state index in [1.165, 1.54) is 0 Å². The van der Waals surface area contributed by atoms with Crippen LogP contribution in [-0.4, -0.2) is 64.5 Å². The number of nitrogens with zero attached hydrogens (tertiary/aromatic N) is 6. The molecule has 1 aromatic carbocycles. The lowest BCUT2D eigenvalue weighted by molar-refractivity contribution is -0.137. The van der Waals surface area contributed by atoms with Gasteiger partial charge in [-0.2, -0.15) is 0 Å². The van der Waals surface area contributed by atoms with E-state index in [-0.39, 0.29) is 17.4 Å². The van der Waals surface area contributed by atoms with E-state index in [0.717, 1.165) is 24.1 Å². The van der Waals surface area contributed by atoms with E-state index in [1.54, 1.807) is 72.3 Å². The molecule has 0 fully saturated rings. The molecule has 0 unspecified atom stereocenters. The number of ether oxygens (including phenoxy) is 1. The molecule has 0 spiro atoms. The summed E-state index contributed by atoms with van der Waals surface area (Å²) in [6.07, 6.45) is 9.48. The van der Waals surface area contributed by atoms with Gasteiger partial charge in [-0.25, -0.2) is 0 Å². The van der Waals surface area contributed by atoms with Gasteiger partial charge in [0.15, 0.2) is 0 Å². The average molecular weight is 649 g/mol. The number of anilines is 2. The SMILES string of the molecule is CCN1C(=O)C(C)(C)C(=O)N(C)c2cc(OCCCN(CCn3ccc4oc(-c5cccnc5)cc4c3=O)Cc3ccncc3)ccc21. The van der Waals surface area contributed by atoms with Crippen molar-refractivity contribution in [2.75, 3.05) is 43.1 Å². The van der Waals surface area contributed by atoms with Crippen LogP contribution in [0.25, 0.3) is 22.3 Å². The molecular weight excluding hydrogens is 608 g/mol. The van der Waals surface area contributed by atoms with Crippen LogP contribution >= 0.6 is 0 Å². The number of pyridine rings is 3. The zero-order valence-corrected chi connectivity index (χ0v) is 27.8. The Labute approximate surface area is 279 Å². The Hall–Kier alpha value is -5.29. The second-order valence-corrected chi connectivity index (χ2v) is 12.5. The van der Waals surface area contributed by atoms with Crippen LogP contribution in [0.1, 0.15) is 32.8 Å². The molecule has 5 heterocycles. The summed E-state index contributed by atoms with van der Waals surface area (Å²) in [7, 11) is 1.70. The molecule has 0 saturated carbocycles. The fourth-order valence-corrected chi connectivity index (χ4v) is 6.12. The van der Waals surface area contributed by atoms with Crippen molar-refractivity contribution in [3.63, 3.8) is 0 Å². The molecule has 0 radical (unpaired) electrons. The maximum absolute atomic E-state index is 13.4. The molecule has 0 bridgehead atoms. The van der Waals surface area contributed by atoms with Crippen LogP contribution in [0, 0.1) is 5.41 Å². The van der Waals surface area contributed by atoms with Crippen LogP contribution in [-0.2, 0) is 22.7 Å². The third-order valence-corrected chi connectivity index (χ3v) is 8.84. The molecular formula is C37H40N6O5. The monoisotopic (exact) mass is 648 g/mol. The Balaban J connectivity index is 1.13. The highest BCUT2D eigenvalue weighted by molar-refractivity contribution is 6.20. The lowest BCUT2D eigenvalue weighted by Crippen LogP contribution is -2.47. The van der Waals surface area contributed by atoms with Gasteiger partial charge in [0.2, 0.25) is 11.8 Å². The quantitative estimate of drug-likeness (QED) is 0.131. The first-order chi connectivity index (χ1) is 23.2. The molecule has 4 aromatic heterocycles. The minimum atomic E-state index is -1.17. The molecule has 1 aliphatic rings. The van der Waals surface area contributed by atoms with Gasteiger partial charge in [0.05, 0.1) is 23.4 Å². The summed E-state index contributed by atoms with van der Waals surface area (Å²) in [5.41, 5.74) is 2.56. The molecule has 6 rings (SSSR count). The third-order valence-electron chi connectivity index (χ3n) is 8.84. The Morgan fingerprint density at radius 1 is 0.917 bits per heavy atom. The highest BCUT2D eigenvalue weighted by Crippen LogP contribution is 2.40. The Kier molecular flexibility index (Phi) is 9.40. The van der Waals surface area contributed by atoms with Crippen molar-refractivity contribution in [1.29, 1.82) is 0 Å². The summed E-state index contributed by atoms with van der Waals surface area (Å²) in [6.45, 7) is 8.72.